The van der Waals surface area contributed by atoms with Crippen LogP contribution in [0.4, 0.5) is 5.82 Å². The molecule has 0 spiro atoms. The fourth-order valence-electron chi connectivity index (χ4n) is 1.36. The number of hydrogen-bond acceptors (Lipinski definition) is 4. The Morgan fingerprint density at radius 2 is 2.06 bits per heavy atom. The van der Waals surface area contributed by atoms with Crippen molar-refractivity contribution in [1.82, 2.24) is 15.3 Å². The van der Waals surface area contributed by atoms with Gasteiger partial charge in [-0.1, -0.05) is 26.7 Å². The van der Waals surface area contributed by atoms with E-state index in [1.54, 1.807) is 0 Å². The molecule has 1 heterocycles. The molecule has 0 bridgehead atoms. The monoisotopic (exact) mass is 222 g/mol. The molecule has 0 aliphatic rings. The Bertz CT molecular complexity index is 332. The van der Waals surface area contributed by atoms with Crippen molar-refractivity contribution in [3.63, 3.8) is 0 Å². The van der Waals surface area contributed by atoms with Gasteiger partial charge in [0.05, 0.1) is 12.4 Å². The Hall–Kier alpha value is -1.65. The van der Waals surface area contributed by atoms with Gasteiger partial charge in [-0.2, -0.15) is 0 Å². The van der Waals surface area contributed by atoms with E-state index in [0.29, 0.717) is 24.0 Å². The number of anilines is 1. The minimum atomic E-state index is -0.195. The Labute approximate surface area is 95.5 Å². The third-order valence-corrected chi connectivity index (χ3v) is 2.61. The van der Waals surface area contributed by atoms with Crippen LogP contribution in [0.3, 0.4) is 0 Å². The second-order valence-corrected chi connectivity index (χ2v) is 3.72. The van der Waals surface area contributed by atoms with E-state index in [0.717, 1.165) is 12.8 Å². The molecule has 0 saturated carbocycles. The first kappa shape index (κ1) is 12.4. The summed E-state index contributed by atoms with van der Waals surface area (Å²) in [7, 11) is 0. The van der Waals surface area contributed by atoms with E-state index in [1.165, 1.54) is 12.4 Å². The molecule has 0 fully saturated rings. The normalized spacial score (nSPS) is 10.4. The molecule has 5 heteroatoms. The smallest absolute Gasteiger partial charge is 0.271 e. The van der Waals surface area contributed by atoms with Crippen molar-refractivity contribution in [2.24, 2.45) is 5.92 Å². The standard InChI is InChI=1S/C11H18N4O/c1-3-8(4-2)5-15-11(16)9-6-14-10(12)7-13-9/h6-8H,3-5H2,1-2H3,(H2,12,14)(H,15,16). The molecule has 1 aromatic heterocycles. The van der Waals surface area contributed by atoms with Crippen molar-refractivity contribution in [3.05, 3.63) is 18.1 Å². The maximum absolute atomic E-state index is 11.6. The van der Waals surface area contributed by atoms with Crippen LogP contribution in [0.25, 0.3) is 0 Å². The SMILES string of the molecule is CCC(CC)CNC(=O)c1cnc(N)cn1. The molecule has 16 heavy (non-hydrogen) atoms. The van der Waals surface area contributed by atoms with Crippen molar-refractivity contribution in [3.8, 4) is 0 Å². The van der Waals surface area contributed by atoms with Gasteiger partial charge < -0.3 is 11.1 Å². The lowest BCUT2D eigenvalue weighted by atomic mass is 10.0. The molecule has 0 unspecified atom stereocenters. The molecular weight excluding hydrogens is 204 g/mol. The fraction of sp³-hybridized carbons (Fsp3) is 0.545. The summed E-state index contributed by atoms with van der Waals surface area (Å²) in [4.78, 5) is 19.4. The quantitative estimate of drug-likeness (QED) is 0.785. The molecule has 0 aromatic carbocycles. The highest BCUT2D eigenvalue weighted by Gasteiger charge is 2.09. The van der Waals surface area contributed by atoms with Crippen LogP contribution < -0.4 is 11.1 Å². The summed E-state index contributed by atoms with van der Waals surface area (Å²) in [6.45, 7) is 4.91. The summed E-state index contributed by atoms with van der Waals surface area (Å²) in [6.07, 6.45) is 4.89. The molecular formula is C11H18N4O. The highest BCUT2D eigenvalue weighted by atomic mass is 16.1. The maximum atomic E-state index is 11.6. The first-order valence-corrected chi connectivity index (χ1v) is 5.53. The van der Waals surface area contributed by atoms with Gasteiger partial charge in [-0.3, -0.25) is 4.79 Å². The van der Waals surface area contributed by atoms with Crippen LogP contribution in [0.1, 0.15) is 37.2 Å². The highest BCUT2D eigenvalue weighted by Crippen LogP contribution is 2.05. The van der Waals surface area contributed by atoms with Gasteiger partial charge in [0.1, 0.15) is 11.5 Å². The second-order valence-electron chi connectivity index (χ2n) is 3.72. The molecule has 0 saturated heterocycles. The van der Waals surface area contributed by atoms with Gasteiger partial charge >= 0.3 is 0 Å². The molecule has 0 radical (unpaired) electrons. The van der Waals surface area contributed by atoms with E-state index >= 15 is 0 Å². The predicted molar refractivity (Wildman–Crippen MR) is 62.8 cm³/mol. The fourth-order valence-corrected chi connectivity index (χ4v) is 1.36. The third kappa shape index (κ3) is 3.49. The van der Waals surface area contributed by atoms with Crippen molar-refractivity contribution < 1.29 is 4.79 Å². The minimum Gasteiger partial charge on any atom is -0.382 e. The second kappa shape index (κ2) is 6.05. The number of rotatable bonds is 5. The van der Waals surface area contributed by atoms with Crippen LogP contribution in [-0.2, 0) is 0 Å². The largest absolute Gasteiger partial charge is 0.382 e. The van der Waals surface area contributed by atoms with Crippen LogP contribution in [0.5, 0.6) is 0 Å². The van der Waals surface area contributed by atoms with Crippen LogP contribution in [0, 0.1) is 5.92 Å². The number of amides is 1. The van der Waals surface area contributed by atoms with Crippen LogP contribution in [-0.4, -0.2) is 22.4 Å². The van der Waals surface area contributed by atoms with E-state index in [9.17, 15) is 4.79 Å². The maximum Gasteiger partial charge on any atom is 0.271 e. The minimum absolute atomic E-state index is 0.195. The van der Waals surface area contributed by atoms with Gasteiger partial charge in [-0.25, -0.2) is 9.97 Å². The number of nitrogens with two attached hydrogens (primary N) is 1. The molecule has 1 aromatic rings. The van der Waals surface area contributed by atoms with Crippen LogP contribution in [0.15, 0.2) is 12.4 Å². The average Bonchev–Trinajstić information content (AvgIpc) is 2.31. The molecule has 1 amide bonds. The zero-order chi connectivity index (χ0) is 12.0. The molecule has 1 rings (SSSR count). The number of nitrogen functional groups attached to an aromatic ring is 1. The number of nitrogens with one attached hydrogen (secondary N) is 1. The van der Waals surface area contributed by atoms with Gasteiger partial charge in [0, 0.05) is 6.54 Å². The van der Waals surface area contributed by atoms with Gasteiger partial charge in [-0.15, -0.1) is 0 Å². The lowest BCUT2D eigenvalue weighted by Crippen LogP contribution is -2.29. The number of aromatic nitrogens is 2. The Kier molecular flexibility index (Phi) is 4.69. The summed E-state index contributed by atoms with van der Waals surface area (Å²) < 4.78 is 0. The van der Waals surface area contributed by atoms with Crippen molar-refractivity contribution >= 4 is 11.7 Å². The highest BCUT2D eigenvalue weighted by molar-refractivity contribution is 5.91. The Morgan fingerprint density at radius 1 is 1.38 bits per heavy atom. The van der Waals surface area contributed by atoms with E-state index in [4.69, 9.17) is 5.73 Å². The van der Waals surface area contributed by atoms with E-state index in [-0.39, 0.29) is 5.91 Å². The summed E-state index contributed by atoms with van der Waals surface area (Å²) in [6, 6.07) is 0. The lowest BCUT2D eigenvalue weighted by Gasteiger charge is -2.12. The summed E-state index contributed by atoms with van der Waals surface area (Å²) in [5.41, 5.74) is 5.69. The zero-order valence-corrected chi connectivity index (χ0v) is 9.73. The van der Waals surface area contributed by atoms with Crippen LogP contribution >= 0.6 is 0 Å². The predicted octanol–water partition coefficient (Wildman–Crippen LogP) is 1.22. The first-order chi connectivity index (χ1) is 7.67. The molecule has 0 aliphatic carbocycles. The van der Waals surface area contributed by atoms with E-state index in [2.05, 4.69) is 29.1 Å². The van der Waals surface area contributed by atoms with Gasteiger partial charge in [-0.05, 0) is 5.92 Å². The number of hydrogen-bond donors (Lipinski definition) is 2. The Balaban J connectivity index is 2.49. The molecule has 0 aliphatic heterocycles. The summed E-state index contributed by atoms with van der Waals surface area (Å²) >= 11 is 0. The van der Waals surface area contributed by atoms with E-state index in [1.807, 2.05) is 0 Å². The lowest BCUT2D eigenvalue weighted by molar-refractivity contribution is 0.0941. The van der Waals surface area contributed by atoms with Gasteiger partial charge in [0.2, 0.25) is 0 Å². The van der Waals surface area contributed by atoms with Crippen molar-refractivity contribution in [2.75, 3.05) is 12.3 Å². The molecule has 5 nitrogen and oxygen atoms in total. The first-order valence-electron chi connectivity index (χ1n) is 5.53. The number of carbonyl (C=O) groups is 1. The summed E-state index contributed by atoms with van der Waals surface area (Å²) in [5, 5.41) is 2.84. The Morgan fingerprint density at radius 3 is 2.56 bits per heavy atom. The van der Waals surface area contributed by atoms with Crippen LogP contribution in [0.2, 0.25) is 0 Å². The third-order valence-electron chi connectivity index (χ3n) is 2.61. The number of nitrogens with zero attached hydrogens (tertiary/aromatic N) is 2. The summed E-state index contributed by atoms with van der Waals surface area (Å²) in [5.74, 6) is 0.640. The zero-order valence-electron chi connectivity index (χ0n) is 9.73. The van der Waals surface area contributed by atoms with Gasteiger partial charge in [0.25, 0.3) is 5.91 Å². The van der Waals surface area contributed by atoms with Crippen molar-refractivity contribution in [2.45, 2.75) is 26.7 Å². The topological polar surface area (TPSA) is 80.9 Å². The van der Waals surface area contributed by atoms with Gasteiger partial charge in [0.15, 0.2) is 0 Å². The molecule has 3 N–H and O–H groups in total. The molecule has 88 valence electrons. The molecule has 0 atom stereocenters. The van der Waals surface area contributed by atoms with E-state index < -0.39 is 0 Å². The van der Waals surface area contributed by atoms with Crippen molar-refractivity contribution in [1.29, 1.82) is 0 Å². The number of carbonyl (C=O) groups excluding carboxylic acids is 1. The average molecular weight is 222 g/mol.